The molecular formula is C17H15ClN2O4. The molecule has 6 nitrogen and oxygen atoms in total. The van der Waals surface area contributed by atoms with Crippen molar-refractivity contribution < 1.29 is 14.6 Å². The summed E-state index contributed by atoms with van der Waals surface area (Å²) in [6, 6.07) is 12.3. The van der Waals surface area contributed by atoms with E-state index in [0.29, 0.717) is 34.0 Å². The topological polar surface area (TPSA) is 73.1 Å². The summed E-state index contributed by atoms with van der Waals surface area (Å²) in [6.07, 6.45) is 0. The third-order valence-electron chi connectivity index (χ3n) is 3.71. The van der Waals surface area contributed by atoms with Crippen molar-refractivity contribution in [2.24, 2.45) is 5.18 Å². The molecular weight excluding hydrogens is 332 g/mol. The fraction of sp³-hybridized carbons (Fsp3) is 0.176. The molecule has 24 heavy (non-hydrogen) atoms. The SMILES string of the molecule is COc1ccccc1OCCn1c(O)c(N=O)c2ccc(Cl)cc21. The maximum absolute atomic E-state index is 11.0. The van der Waals surface area contributed by atoms with Crippen molar-refractivity contribution in [1.29, 1.82) is 0 Å². The van der Waals surface area contributed by atoms with Gasteiger partial charge in [-0.05, 0) is 35.5 Å². The Bertz CT molecular complexity index is 892. The van der Waals surface area contributed by atoms with Gasteiger partial charge in [0.1, 0.15) is 6.61 Å². The first-order chi connectivity index (χ1) is 11.7. The molecule has 0 saturated heterocycles. The number of methoxy groups -OCH3 is 1. The number of hydrogen-bond acceptors (Lipinski definition) is 5. The lowest BCUT2D eigenvalue weighted by atomic mass is 10.2. The van der Waals surface area contributed by atoms with Crippen LogP contribution in [0.1, 0.15) is 0 Å². The van der Waals surface area contributed by atoms with Crippen molar-refractivity contribution in [1.82, 2.24) is 4.57 Å². The predicted molar refractivity (Wildman–Crippen MR) is 92.6 cm³/mol. The molecule has 0 aliphatic carbocycles. The monoisotopic (exact) mass is 346 g/mol. The van der Waals surface area contributed by atoms with Crippen LogP contribution < -0.4 is 9.47 Å². The fourth-order valence-corrected chi connectivity index (χ4v) is 2.76. The normalized spacial score (nSPS) is 10.8. The molecule has 0 aliphatic heterocycles. The zero-order valence-corrected chi connectivity index (χ0v) is 13.7. The summed E-state index contributed by atoms with van der Waals surface area (Å²) < 4.78 is 12.5. The standard InChI is InChI=1S/C17H15ClN2O4/c1-23-14-4-2-3-5-15(14)24-9-8-20-13-10-11(18)6-7-12(13)16(19-22)17(20)21/h2-7,10,21H,8-9H2,1H3. The molecule has 1 N–H and O–H groups in total. The summed E-state index contributed by atoms with van der Waals surface area (Å²) in [6.45, 7) is 0.582. The van der Waals surface area contributed by atoms with Crippen LogP contribution in [-0.2, 0) is 6.54 Å². The van der Waals surface area contributed by atoms with Crippen molar-refractivity contribution in [3.8, 4) is 17.4 Å². The number of hydrogen-bond donors (Lipinski definition) is 1. The summed E-state index contributed by atoms with van der Waals surface area (Å²) in [5, 5.41) is 14.2. The molecule has 0 fully saturated rings. The molecule has 124 valence electrons. The number of aromatic nitrogens is 1. The summed E-state index contributed by atoms with van der Waals surface area (Å²) in [5.74, 6) is 1.02. The van der Waals surface area contributed by atoms with Crippen LogP contribution >= 0.6 is 11.6 Å². The predicted octanol–water partition coefficient (Wildman–Crippen LogP) is 4.49. The van der Waals surface area contributed by atoms with E-state index in [9.17, 15) is 10.0 Å². The van der Waals surface area contributed by atoms with Crippen LogP contribution in [0.2, 0.25) is 5.02 Å². The molecule has 0 atom stereocenters. The van der Waals surface area contributed by atoms with Crippen LogP contribution in [0.4, 0.5) is 5.69 Å². The number of para-hydroxylation sites is 2. The fourth-order valence-electron chi connectivity index (χ4n) is 2.59. The summed E-state index contributed by atoms with van der Waals surface area (Å²) in [5.41, 5.74) is 0.622. The highest BCUT2D eigenvalue weighted by atomic mass is 35.5. The number of benzene rings is 2. The van der Waals surface area contributed by atoms with E-state index in [1.165, 1.54) is 0 Å². The minimum atomic E-state index is -0.203. The second kappa shape index (κ2) is 6.80. The molecule has 0 saturated carbocycles. The van der Waals surface area contributed by atoms with Gasteiger partial charge in [0, 0.05) is 10.4 Å². The van der Waals surface area contributed by atoms with Crippen molar-refractivity contribution in [2.45, 2.75) is 6.54 Å². The van der Waals surface area contributed by atoms with Crippen LogP contribution in [-0.4, -0.2) is 23.4 Å². The lowest BCUT2D eigenvalue weighted by molar-refractivity contribution is 0.274. The van der Waals surface area contributed by atoms with E-state index < -0.39 is 0 Å². The van der Waals surface area contributed by atoms with E-state index in [-0.39, 0.29) is 18.2 Å². The first-order valence-corrected chi connectivity index (χ1v) is 7.63. The van der Waals surface area contributed by atoms with Gasteiger partial charge < -0.3 is 19.1 Å². The quantitative estimate of drug-likeness (QED) is 0.667. The van der Waals surface area contributed by atoms with Crippen LogP contribution in [0, 0.1) is 4.91 Å². The zero-order chi connectivity index (χ0) is 17.1. The largest absolute Gasteiger partial charge is 0.493 e. The van der Waals surface area contributed by atoms with Crippen LogP contribution in [0.5, 0.6) is 17.4 Å². The van der Waals surface area contributed by atoms with Crippen LogP contribution in [0.3, 0.4) is 0 Å². The number of nitroso groups, excluding NO2 is 1. The Kier molecular flexibility index (Phi) is 4.57. The Balaban J connectivity index is 1.86. The highest BCUT2D eigenvalue weighted by molar-refractivity contribution is 6.31. The smallest absolute Gasteiger partial charge is 0.222 e. The van der Waals surface area contributed by atoms with Gasteiger partial charge >= 0.3 is 0 Å². The Morgan fingerprint density at radius 3 is 2.67 bits per heavy atom. The number of aromatic hydroxyl groups is 1. The molecule has 1 aromatic heterocycles. The molecule has 2 aromatic carbocycles. The maximum Gasteiger partial charge on any atom is 0.222 e. The molecule has 0 bridgehead atoms. The summed E-state index contributed by atoms with van der Waals surface area (Å²) >= 11 is 6.01. The van der Waals surface area contributed by atoms with Crippen molar-refractivity contribution in [3.63, 3.8) is 0 Å². The van der Waals surface area contributed by atoms with Gasteiger partial charge in [-0.2, -0.15) is 0 Å². The third kappa shape index (κ3) is 2.88. The van der Waals surface area contributed by atoms with E-state index in [1.54, 1.807) is 42.0 Å². The van der Waals surface area contributed by atoms with Gasteiger partial charge in [-0.25, -0.2) is 0 Å². The zero-order valence-electron chi connectivity index (χ0n) is 12.9. The first-order valence-electron chi connectivity index (χ1n) is 7.25. The molecule has 1 heterocycles. The van der Waals surface area contributed by atoms with E-state index in [2.05, 4.69) is 5.18 Å². The number of nitrogens with zero attached hydrogens (tertiary/aromatic N) is 2. The van der Waals surface area contributed by atoms with E-state index in [0.717, 1.165) is 0 Å². The van der Waals surface area contributed by atoms with Crippen molar-refractivity contribution >= 4 is 28.2 Å². The summed E-state index contributed by atoms with van der Waals surface area (Å²) in [4.78, 5) is 11.0. The van der Waals surface area contributed by atoms with Gasteiger partial charge in [0.25, 0.3) is 0 Å². The molecule has 7 heteroatoms. The van der Waals surface area contributed by atoms with Gasteiger partial charge in [0.05, 0.1) is 19.2 Å². The van der Waals surface area contributed by atoms with Crippen LogP contribution in [0.15, 0.2) is 47.6 Å². The number of halogens is 1. The Hall–Kier alpha value is -2.73. The molecule has 3 rings (SSSR count). The molecule has 0 radical (unpaired) electrons. The van der Waals surface area contributed by atoms with E-state index in [4.69, 9.17) is 21.1 Å². The Labute approximate surface area is 143 Å². The molecule has 0 spiro atoms. The van der Waals surface area contributed by atoms with Crippen molar-refractivity contribution in [2.75, 3.05) is 13.7 Å². The minimum Gasteiger partial charge on any atom is -0.493 e. The van der Waals surface area contributed by atoms with E-state index in [1.807, 2.05) is 12.1 Å². The Morgan fingerprint density at radius 2 is 1.96 bits per heavy atom. The number of ether oxygens (including phenoxy) is 2. The molecule has 0 unspecified atom stereocenters. The Morgan fingerprint density at radius 1 is 1.21 bits per heavy atom. The average molecular weight is 347 g/mol. The molecule has 0 amide bonds. The van der Waals surface area contributed by atoms with Crippen LogP contribution in [0.25, 0.3) is 10.9 Å². The highest BCUT2D eigenvalue weighted by Crippen LogP contribution is 2.39. The van der Waals surface area contributed by atoms with Gasteiger partial charge in [-0.3, -0.25) is 0 Å². The maximum atomic E-state index is 11.0. The lowest BCUT2D eigenvalue weighted by Gasteiger charge is -2.12. The third-order valence-corrected chi connectivity index (χ3v) is 3.94. The highest BCUT2D eigenvalue weighted by Gasteiger charge is 2.17. The van der Waals surface area contributed by atoms with Gasteiger partial charge in [0.15, 0.2) is 17.2 Å². The van der Waals surface area contributed by atoms with Crippen molar-refractivity contribution in [3.05, 3.63) is 52.4 Å². The van der Waals surface area contributed by atoms with Gasteiger partial charge in [-0.1, -0.05) is 23.7 Å². The number of fused-ring (bicyclic) bond motifs is 1. The second-order valence-corrected chi connectivity index (χ2v) is 5.51. The second-order valence-electron chi connectivity index (χ2n) is 5.08. The molecule has 3 aromatic rings. The van der Waals surface area contributed by atoms with Gasteiger partial charge in [0.2, 0.25) is 5.88 Å². The number of rotatable bonds is 6. The van der Waals surface area contributed by atoms with E-state index >= 15 is 0 Å². The summed E-state index contributed by atoms with van der Waals surface area (Å²) in [7, 11) is 1.57. The van der Waals surface area contributed by atoms with Gasteiger partial charge in [-0.15, -0.1) is 4.91 Å². The average Bonchev–Trinajstić information content (AvgIpc) is 2.86. The molecule has 0 aliphatic rings. The minimum absolute atomic E-state index is 0.000965. The lowest BCUT2D eigenvalue weighted by Crippen LogP contribution is -2.08. The first kappa shape index (κ1) is 16.1.